The van der Waals surface area contributed by atoms with Gasteiger partial charge in [0.2, 0.25) is 0 Å². The van der Waals surface area contributed by atoms with Crippen molar-refractivity contribution < 1.29 is 14.0 Å². The van der Waals surface area contributed by atoms with Crippen LogP contribution in [0.4, 0.5) is 0 Å². The summed E-state index contributed by atoms with van der Waals surface area (Å²) in [4.78, 5) is 24.7. The molecule has 0 aliphatic carbocycles. The second-order valence-electron chi connectivity index (χ2n) is 6.41. The summed E-state index contributed by atoms with van der Waals surface area (Å²) in [5, 5.41) is 0. The zero-order valence-corrected chi connectivity index (χ0v) is 15.7. The van der Waals surface area contributed by atoms with Crippen LogP contribution in [0.5, 0.6) is 0 Å². The molecule has 0 aliphatic heterocycles. The number of aromatic nitrogens is 1. The Bertz CT molecular complexity index is 938. The van der Waals surface area contributed by atoms with E-state index >= 15 is 0 Å². The molecule has 6 heteroatoms. The maximum absolute atomic E-state index is 12.5. The van der Waals surface area contributed by atoms with E-state index in [1.54, 1.807) is 24.5 Å². The van der Waals surface area contributed by atoms with Crippen LogP contribution < -0.4 is 10.9 Å². The van der Waals surface area contributed by atoms with Gasteiger partial charge in [-0.05, 0) is 56.2 Å². The second kappa shape index (κ2) is 7.95. The van der Waals surface area contributed by atoms with Crippen molar-refractivity contribution in [2.75, 3.05) is 0 Å². The van der Waals surface area contributed by atoms with Gasteiger partial charge in [-0.25, -0.2) is 0 Å². The first kappa shape index (κ1) is 18.5. The van der Waals surface area contributed by atoms with Crippen LogP contribution in [0.1, 0.15) is 50.4 Å². The maximum Gasteiger partial charge on any atom is 0.271 e. The average Bonchev–Trinajstić information content (AvgIpc) is 3.29. The molecular formula is C21H23N3O3. The zero-order chi connectivity index (χ0) is 19.4. The third kappa shape index (κ3) is 4.11. The molecule has 2 amide bonds. The lowest BCUT2D eigenvalue weighted by Gasteiger charge is -2.09. The zero-order valence-electron chi connectivity index (χ0n) is 15.7. The lowest BCUT2D eigenvalue weighted by molar-refractivity contribution is 0.0846. The molecule has 0 aliphatic rings. The number of hydrazine groups is 1. The smallest absolute Gasteiger partial charge is 0.271 e. The summed E-state index contributed by atoms with van der Waals surface area (Å²) in [6, 6.07) is 12.8. The number of aryl methyl sites for hydroxylation is 2. The van der Waals surface area contributed by atoms with Gasteiger partial charge in [0, 0.05) is 17.0 Å². The number of nitrogens with zero attached hydrogens (tertiary/aromatic N) is 1. The lowest BCUT2D eigenvalue weighted by Crippen LogP contribution is -2.41. The van der Waals surface area contributed by atoms with Crippen LogP contribution in [0.2, 0.25) is 0 Å². The van der Waals surface area contributed by atoms with Crippen molar-refractivity contribution in [3.8, 4) is 0 Å². The Balaban J connectivity index is 1.66. The number of nitrogens with one attached hydrogen (secondary N) is 2. The van der Waals surface area contributed by atoms with Crippen molar-refractivity contribution in [2.45, 2.75) is 33.7 Å². The van der Waals surface area contributed by atoms with Crippen molar-refractivity contribution in [2.24, 2.45) is 0 Å². The molecule has 2 heterocycles. The first-order valence-corrected chi connectivity index (χ1v) is 8.88. The van der Waals surface area contributed by atoms with E-state index in [4.69, 9.17) is 4.42 Å². The highest BCUT2D eigenvalue weighted by Gasteiger charge is 2.17. The van der Waals surface area contributed by atoms with E-state index in [2.05, 4.69) is 17.8 Å². The Labute approximate surface area is 158 Å². The van der Waals surface area contributed by atoms with Crippen molar-refractivity contribution in [3.63, 3.8) is 0 Å². The molecule has 0 saturated carbocycles. The van der Waals surface area contributed by atoms with E-state index in [1.807, 2.05) is 42.7 Å². The van der Waals surface area contributed by atoms with Crippen LogP contribution in [0.25, 0.3) is 0 Å². The first-order chi connectivity index (χ1) is 13.0. The third-order valence-corrected chi connectivity index (χ3v) is 4.63. The van der Waals surface area contributed by atoms with E-state index in [1.165, 1.54) is 0 Å². The molecule has 0 fully saturated rings. The van der Waals surface area contributed by atoms with Crippen molar-refractivity contribution in [1.82, 2.24) is 15.4 Å². The predicted molar refractivity (Wildman–Crippen MR) is 102 cm³/mol. The number of benzene rings is 1. The van der Waals surface area contributed by atoms with Crippen molar-refractivity contribution in [3.05, 3.63) is 82.6 Å². The first-order valence-electron chi connectivity index (χ1n) is 8.88. The second-order valence-corrected chi connectivity index (χ2v) is 6.41. The SMILES string of the molecule is CCc1ccc(C(=O)NNC(=O)c2cc(C)n(Cc3ccco3)c2C)cc1. The number of rotatable bonds is 5. The van der Waals surface area contributed by atoms with Gasteiger partial charge in [-0.1, -0.05) is 19.1 Å². The molecule has 0 saturated heterocycles. The van der Waals surface area contributed by atoms with Gasteiger partial charge in [0.1, 0.15) is 5.76 Å². The number of furan rings is 1. The van der Waals surface area contributed by atoms with Crippen LogP contribution in [0.3, 0.4) is 0 Å². The molecule has 0 unspecified atom stereocenters. The highest BCUT2D eigenvalue weighted by atomic mass is 16.3. The molecule has 0 spiro atoms. The Hall–Kier alpha value is -3.28. The molecule has 3 rings (SSSR count). The summed E-state index contributed by atoms with van der Waals surface area (Å²) in [5.74, 6) is 0.107. The maximum atomic E-state index is 12.5. The topological polar surface area (TPSA) is 76.3 Å². The quantitative estimate of drug-likeness (QED) is 0.681. The fraction of sp³-hybridized carbons (Fsp3) is 0.238. The standard InChI is InChI=1S/C21H23N3O3/c1-4-16-7-9-17(10-8-16)20(25)22-23-21(26)19-12-14(2)24(15(19)3)13-18-6-5-11-27-18/h5-12H,4,13H2,1-3H3,(H,22,25)(H,23,26). The van der Waals surface area contributed by atoms with Gasteiger partial charge in [-0.2, -0.15) is 0 Å². The molecule has 1 aromatic carbocycles. The number of hydrogen-bond donors (Lipinski definition) is 2. The van der Waals surface area contributed by atoms with Gasteiger partial charge >= 0.3 is 0 Å². The van der Waals surface area contributed by atoms with Crippen LogP contribution in [-0.2, 0) is 13.0 Å². The fourth-order valence-corrected chi connectivity index (χ4v) is 2.98. The van der Waals surface area contributed by atoms with Gasteiger partial charge in [-0.15, -0.1) is 0 Å². The summed E-state index contributed by atoms with van der Waals surface area (Å²) >= 11 is 0. The largest absolute Gasteiger partial charge is 0.467 e. The predicted octanol–water partition coefficient (Wildman–Crippen LogP) is 3.38. The summed E-state index contributed by atoms with van der Waals surface area (Å²) in [7, 11) is 0. The molecular weight excluding hydrogens is 342 g/mol. The molecule has 2 N–H and O–H groups in total. The summed E-state index contributed by atoms with van der Waals surface area (Å²) < 4.78 is 7.38. The van der Waals surface area contributed by atoms with Gasteiger partial charge in [0.15, 0.2) is 0 Å². The molecule has 0 bridgehead atoms. The van der Waals surface area contributed by atoms with Crippen LogP contribution in [0, 0.1) is 13.8 Å². The number of carbonyl (C=O) groups is 2. The van der Waals surface area contributed by atoms with E-state index < -0.39 is 0 Å². The van der Waals surface area contributed by atoms with E-state index in [-0.39, 0.29) is 11.8 Å². The molecule has 27 heavy (non-hydrogen) atoms. The van der Waals surface area contributed by atoms with Crippen molar-refractivity contribution in [1.29, 1.82) is 0 Å². The lowest BCUT2D eigenvalue weighted by atomic mass is 10.1. The van der Waals surface area contributed by atoms with Gasteiger partial charge in [-0.3, -0.25) is 20.4 Å². The summed E-state index contributed by atoms with van der Waals surface area (Å²) in [6.45, 7) is 6.41. The minimum absolute atomic E-state index is 0.351. The van der Waals surface area contributed by atoms with E-state index in [0.717, 1.165) is 29.1 Å². The number of hydrogen-bond acceptors (Lipinski definition) is 3. The van der Waals surface area contributed by atoms with Crippen LogP contribution in [-0.4, -0.2) is 16.4 Å². The minimum atomic E-state index is -0.354. The third-order valence-electron chi connectivity index (χ3n) is 4.63. The van der Waals surface area contributed by atoms with Crippen LogP contribution >= 0.6 is 0 Å². The molecule has 0 radical (unpaired) electrons. The summed E-state index contributed by atoms with van der Waals surface area (Å²) in [6.07, 6.45) is 2.53. The Morgan fingerprint density at radius 2 is 1.74 bits per heavy atom. The highest BCUT2D eigenvalue weighted by Crippen LogP contribution is 2.17. The fourth-order valence-electron chi connectivity index (χ4n) is 2.98. The Morgan fingerprint density at radius 3 is 2.37 bits per heavy atom. The van der Waals surface area contributed by atoms with E-state index in [0.29, 0.717) is 17.7 Å². The molecule has 6 nitrogen and oxygen atoms in total. The molecule has 2 aromatic heterocycles. The van der Waals surface area contributed by atoms with Gasteiger partial charge < -0.3 is 8.98 Å². The highest BCUT2D eigenvalue weighted by molar-refractivity contribution is 5.99. The molecule has 0 atom stereocenters. The van der Waals surface area contributed by atoms with E-state index in [9.17, 15) is 9.59 Å². The van der Waals surface area contributed by atoms with Gasteiger partial charge in [0.25, 0.3) is 11.8 Å². The minimum Gasteiger partial charge on any atom is -0.467 e. The van der Waals surface area contributed by atoms with Crippen molar-refractivity contribution >= 4 is 11.8 Å². The molecule has 3 aromatic rings. The number of amides is 2. The summed E-state index contributed by atoms with van der Waals surface area (Å²) in [5.41, 5.74) is 8.87. The van der Waals surface area contributed by atoms with Crippen LogP contribution in [0.15, 0.2) is 53.1 Å². The Morgan fingerprint density at radius 1 is 1.04 bits per heavy atom. The molecule has 140 valence electrons. The Kier molecular flexibility index (Phi) is 5.45. The average molecular weight is 365 g/mol. The monoisotopic (exact) mass is 365 g/mol. The van der Waals surface area contributed by atoms with Gasteiger partial charge in [0.05, 0.1) is 18.4 Å². The number of carbonyl (C=O) groups excluding carboxylic acids is 2. The normalized spacial score (nSPS) is 10.6.